The van der Waals surface area contributed by atoms with Gasteiger partial charge in [0.25, 0.3) is 0 Å². The van der Waals surface area contributed by atoms with E-state index in [2.05, 4.69) is 65.4 Å². The Hall–Kier alpha value is -3.49. The lowest BCUT2D eigenvalue weighted by Gasteiger charge is -2.29. The van der Waals surface area contributed by atoms with Crippen LogP contribution in [0.4, 0.5) is 5.69 Å². The van der Waals surface area contributed by atoms with Crippen molar-refractivity contribution in [3.8, 4) is 5.69 Å². The summed E-state index contributed by atoms with van der Waals surface area (Å²) in [6.07, 6.45) is 4.16. The number of anilines is 1. The molecule has 1 saturated heterocycles. The van der Waals surface area contributed by atoms with Crippen LogP contribution in [0.25, 0.3) is 5.69 Å². The molecule has 2 aromatic heterocycles. The van der Waals surface area contributed by atoms with Crippen LogP contribution in [0.2, 0.25) is 0 Å². The molecule has 0 aliphatic carbocycles. The van der Waals surface area contributed by atoms with Gasteiger partial charge in [-0.1, -0.05) is 34.1 Å². The highest BCUT2D eigenvalue weighted by Crippen LogP contribution is 2.39. The van der Waals surface area contributed by atoms with Crippen LogP contribution in [0, 0.1) is 13.8 Å². The quantitative estimate of drug-likeness (QED) is 0.256. The Bertz CT molecular complexity index is 1420. The maximum Gasteiger partial charge on any atom is 0.226 e. The SMILES string of the molecule is Cc1ccc(C)c(NC(=O)CCN2C(=S)NC(c3ccccn3)C2c2cccn2-c2ccc(Br)cc2)c1. The molecule has 2 unspecified atom stereocenters. The lowest BCUT2D eigenvalue weighted by Crippen LogP contribution is -2.33. The standard InChI is InChI=1S/C29H28BrN5OS/c1-19-8-9-20(2)24(18-19)32-26(36)14-17-35-28(27(33-29(35)37)23-6-3-4-15-31-23)25-7-5-16-34(25)22-12-10-21(30)11-13-22/h3-13,15-16,18,27-28H,14,17H2,1-2H3,(H,32,36)(H,33,37). The predicted molar refractivity (Wildman–Crippen MR) is 155 cm³/mol. The molecule has 37 heavy (non-hydrogen) atoms. The molecule has 2 N–H and O–H groups in total. The minimum Gasteiger partial charge on any atom is -0.352 e. The number of pyridine rings is 1. The zero-order chi connectivity index (χ0) is 25.9. The summed E-state index contributed by atoms with van der Waals surface area (Å²) in [5.41, 5.74) is 6.02. The number of halogens is 1. The van der Waals surface area contributed by atoms with Crippen molar-refractivity contribution in [1.29, 1.82) is 0 Å². The first-order valence-electron chi connectivity index (χ1n) is 12.2. The molecule has 2 atom stereocenters. The van der Waals surface area contributed by atoms with Crippen LogP contribution in [0.1, 0.15) is 41.0 Å². The van der Waals surface area contributed by atoms with Crippen molar-refractivity contribution in [2.45, 2.75) is 32.4 Å². The van der Waals surface area contributed by atoms with E-state index in [9.17, 15) is 4.79 Å². The van der Waals surface area contributed by atoms with Gasteiger partial charge in [0.2, 0.25) is 5.91 Å². The van der Waals surface area contributed by atoms with Crippen molar-refractivity contribution in [3.05, 3.63) is 112 Å². The molecule has 1 amide bonds. The van der Waals surface area contributed by atoms with Crippen molar-refractivity contribution < 1.29 is 4.79 Å². The summed E-state index contributed by atoms with van der Waals surface area (Å²) in [4.78, 5) is 19.7. The maximum absolute atomic E-state index is 13.0. The van der Waals surface area contributed by atoms with Gasteiger partial charge in [0, 0.05) is 46.9 Å². The number of rotatable bonds is 7. The Morgan fingerprint density at radius 1 is 1.08 bits per heavy atom. The second kappa shape index (κ2) is 10.9. The highest BCUT2D eigenvalue weighted by Gasteiger charge is 2.41. The smallest absolute Gasteiger partial charge is 0.226 e. The van der Waals surface area contributed by atoms with Crippen LogP contribution < -0.4 is 10.6 Å². The Morgan fingerprint density at radius 3 is 2.65 bits per heavy atom. The third kappa shape index (κ3) is 5.45. The third-order valence-electron chi connectivity index (χ3n) is 6.63. The molecule has 4 aromatic rings. The maximum atomic E-state index is 13.0. The molecule has 5 rings (SSSR count). The van der Waals surface area contributed by atoms with Crippen LogP contribution in [0.5, 0.6) is 0 Å². The van der Waals surface area contributed by atoms with Crippen LogP contribution in [0.15, 0.2) is 89.7 Å². The first-order chi connectivity index (χ1) is 17.9. The predicted octanol–water partition coefficient (Wildman–Crippen LogP) is 6.25. The molecule has 8 heteroatoms. The number of hydrogen-bond donors (Lipinski definition) is 2. The van der Waals surface area contributed by atoms with Crippen LogP contribution in [-0.2, 0) is 4.79 Å². The van der Waals surface area contributed by atoms with Gasteiger partial charge in [-0.15, -0.1) is 0 Å². The van der Waals surface area contributed by atoms with E-state index in [1.54, 1.807) is 6.20 Å². The van der Waals surface area contributed by atoms with Gasteiger partial charge in [-0.2, -0.15) is 0 Å². The highest BCUT2D eigenvalue weighted by molar-refractivity contribution is 9.10. The number of aryl methyl sites for hydroxylation is 2. The topological polar surface area (TPSA) is 62.2 Å². The highest BCUT2D eigenvalue weighted by atomic mass is 79.9. The molecule has 2 aromatic carbocycles. The Kier molecular flexibility index (Phi) is 7.39. The van der Waals surface area contributed by atoms with E-state index >= 15 is 0 Å². The molecule has 0 spiro atoms. The van der Waals surface area contributed by atoms with Gasteiger partial charge < -0.3 is 20.1 Å². The molecule has 1 fully saturated rings. The second-order valence-electron chi connectivity index (χ2n) is 9.22. The Labute approximate surface area is 230 Å². The molecule has 0 saturated carbocycles. The normalized spacial score (nSPS) is 17.1. The van der Waals surface area contributed by atoms with Gasteiger partial charge in [0.05, 0.1) is 17.8 Å². The van der Waals surface area contributed by atoms with Crippen LogP contribution >= 0.6 is 28.1 Å². The number of hydrogen-bond acceptors (Lipinski definition) is 3. The fourth-order valence-electron chi connectivity index (χ4n) is 4.75. The van der Waals surface area contributed by atoms with Crippen LogP contribution in [0.3, 0.4) is 0 Å². The summed E-state index contributed by atoms with van der Waals surface area (Å²) in [6.45, 7) is 4.49. The fraction of sp³-hybridized carbons (Fsp3) is 0.207. The van der Waals surface area contributed by atoms with Gasteiger partial charge in [0.1, 0.15) is 0 Å². The fourth-order valence-corrected chi connectivity index (χ4v) is 5.34. The number of amides is 1. The number of benzene rings is 2. The van der Waals surface area contributed by atoms with E-state index in [4.69, 9.17) is 12.2 Å². The number of nitrogens with zero attached hydrogens (tertiary/aromatic N) is 3. The molecule has 1 aliphatic heterocycles. The summed E-state index contributed by atoms with van der Waals surface area (Å²) in [7, 11) is 0. The molecule has 3 heterocycles. The van der Waals surface area contributed by atoms with Gasteiger partial charge in [-0.25, -0.2) is 0 Å². The van der Waals surface area contributed by atoms with E-state index in [-0.39, 0.29) is 18.0 Å². The van der Waals surface area contributed by atoms with E-state index < -0.39 is 0 Å². The molecule has 0 radical (unpaired) electrons. The van der Waals surface area contributed by atoms with Crippen molar-refractivity contribution in [2.75, 3.05) is 11.9 Å². The average Bonchev–Trinajstić information content (AvgIpc) is 3.50. The first-order valence-corrected chi connectivity index (χ1v) is 13.4. The monoisotopic (exact) mass is 573 g/mol. The Balaban J connectivity index is 1.44. The average molecular weight is 575 g/mol. The molecular formula is C29H28BrN5OS. The minimum atomic E-state index is -0.153. The largest absolute Gasteiger partial charge is 0.352 e. The number of thiocarbonyl (C=S) groups is 1. The number of aromatic nitrogens is 2. The summed E-state index contributed by atoms with van der Waals surface area (Å²) in [5.74, 6) is -0.0418. The number of nitrogens with one attached hydrogen (secondary N) is 2. The Morgan fingerprint density at radius 2 is 1.89 bits per heavy atom. The van der Waals surface area contributed by atoms with Gasteiger partial charge in [-0.3, -0.25) is 9.78 Å². The number of carbonyl (C=O) groups is 1. The van der Waals surface area contributed by atoms with E-state index in [0.717, 1.165) is 38.4 Å². The lowest BCUT2D eigenvalue weighted by molar-refractivity contribution is -0.116. The van der Waals surface area contributed by atoms with Crippen molar-refractivity contribution in [2.24, 2.45) is 0 Å². The zero-order valence-electron chi connectivity index (χ0n) is 20.7. The van der Waals surface area contributed by atoms with E-state index in [0.29, 0.717) is 18.1 Å². The summed E-state index contributed by atoms with van der Waals surface area (Å²) < 4.78 is 3.20. The van der Waals surface area contributed by atoms with Crippen molar-refractivity contribution in [3.63, 3.8) is 0 Å². The number of carbonyl (C=O) groups excluding carboxylic acids is 1. The van der Waals surface area contributed by atoms with Gasteiger partial charge >= 0.3 is 0 Å². The minimum absolute atomic E-state index is 0.0418. The summed E-state index contributed by atoms with van der Waals surface area (Å²) in [6, 6.07) is 24.0. The second-order valence-corrected chi connectivity index (χ2v) is 10.5. The van der Waals surface area contributed by atoms with Crippen molar-refractivity contribution >= 4 is 44.9 Å². The molecule has 0 bridgehead atoms. The van der Waals surface area contributed by atoms with Gasteiger partial charge in [0.15, 0.2) is 5.11 Å². The summed E-state index contributed by atoms with van der Waals surface area (Å²) in [5, 5.41) is 7.17. The molecule has 188 valence electrons. The molecule has 1 aliphatic rings. The first kappa shape index (κ1) is 25.2. The van der Waals surface area contributed by atoms with E-state index in [1.807, 2.05) is 68.4 Å². The van der Waals surface area contributed by atoms with Gasteiger partial charge in [-0.05, 0) is 91.8 Å². The lowest BCUT2D eigenvalue weighted by atomic mass is 10.0. The zero-order valence-corrected chi connectivity index (χ0v) is 23.1. The molecular weight excluding hydrogens is 546 g/mol. The third-order valence-corrected chi connectivity index (χ3v) is 7.51. The van der Waals surface area contributed by atoms with Crippen molar-refractivity contribution in [1.82, 2.24) is 19.8 Å². The molecule has 6 nitrogen and oxygen atoms in total. The van der Waals surface area contributed by atoms with Crippen LogP contribution in [-0.4, -0.2) is 32.0 Å². The van der Waals surface area contributed by atoms with E-state index in [1.165, 1.54) is 0 Å². The summed E-state index contributed by atoms with van der Waals surface area (Å²) >= 11 is 9.33.